The second-order valence-corrected chi connectivity index (χ2v) is 2.65. The fourth-order valence-electron chi connectivity index (χ4n) is 0.796. The topological polar surface area (TPSA) is 0 Å². The van der Waals surface area contributed by atoms with Gasteiger partial charge in [-0.15, -0.1) is 4.39 Å². The Balaban J connectivity index is 3.08. The molecule has 0 heterocycles. The lowest BCUT2D eigenvalue weighted by molar-refractivity contribution is 0.604. The van der Waals surface area contributed by atoms with Gasteiger partial charge < -0.3 is 0 Å². The first-order valence-electron chi connectivity index (χ1n) is 3.00. The molecule has 1 aliphatic rings. The van der Waals surface area contributed by atoms with E-state index in [1.54, 1.807) is 0 Å². The van der Waals surface area contributed by atoms with Gasteiger partial charge in [-0.05, 0) is 6.92 Å². The van der Waals surface area contributed by atoms with Crippen molar-refractivity contribution in [2.45, 2.75) is 6.92 Å². The molecule has 3 heteroatoms. The molecule has 0 bridgehead atoms. The molecule has 0 unspecified atom stereocenters. The number of rotatable bonds is 0. The third-order valence-corrected chi connectivity index (χ3v) is 1.92. The van der Waals surface area contributed by atoms with Crippen molar-refractivity contribution in [3.8, 4) is 0 Å². The summed E-state index contributed by atoms with van der Waals surface area (Å²) >= 11 is 5.41. The van der Waals surface area contributed by atoms with Gasteiger partial charge in [-0.1, -0.05) is 6.58 Å². The molecule has 0 spiro atoms. The van der Waals surface area contributed by atoms with E-state index in [-0.39, 0.29) is 16.5 Å². The highest BCUT2D eigenvalue weighted by Gasteiger charge is 2.33. The molecule has 1 aliphatic carbocycles. The van der Waals surface area contributed by atoms with Gasteiger partial charge in [0.05, 0.1) is 6.08 Å². The average Bonchev–Trinajstić information content (AvgIpc) is 1.97. The van der Waals surface area contributed by atoms with Gasteiger partial charge in [0.2, 0.25) is 5.83 Å². The van der Waals surface area contributed by atoms with Gasteiger partial charge in [0.25, 0.3) is 5.83 Å². The maximum absolute atomic E-state index is 12.9. The fourth-order valence-corrected chi connectivity index (χ4v) is 0.934. The molecule has 0 aromatic rings. The summed E-state index contributed by atoms with van der Waals surface area (Å²) in [6.45, 7) is 4.72. The Bertz CT molecular complexity index is 263. The Hall–Kier alpha value is -0.760. The molecule has 0 nitrogen and oxygen atoms in total. The lowest BCUT2D eigenvalue weighted by Gasteiger charge is -2.04. The van der Waals surface area contributed by atoms with E-state index in [4.69, 9.17) is 11.6 Å². The molecule has 0 N–H and O–H groups in total. The summed E-state index contributed by atoms with van der Waals surface area (Å²) in [4.78, 5) is 0. The number of halogens is 3. The Morgan fingerprint density at radius 2 is 2.09 bits per heavy atom. The first kappa shape index (κ1) is 8.34. The quantitative estimate of drug-likeness (QED) is 0.495. The Labute approximate surface area is 68.9 Å². The van der Waals surface area contributed by atoms with Crippen molar-refractivity contribution in [2.24, 2.45) is 0 Å². The minimum Gasteiger partial charge on any atom is -0.173 e. The van der Waals surface area contributed by atoms with Crippen molar-refractivity contribution in [3.63, 3.8) is 0 Å². The van der Waals surface area contributed by atoms with Crippen LogP contribution in [0.25, 0.3) is 0 Å². The van der Waals surface area contributed by atoms with Crippen molar-refractivity contribution in [1.29, 1.82) is 0 Å². The van der Waals surface area contributed by atoms with Crippen LogP contribution < -0.4 is 0 Å². The molecule has 0 aliphatic heterocycles. The van der Waals surface area contributed by atoms with E-state index in [9.17, 15) is 8.78 Å². The summed E-state index contributed by atoms with van der Waals surface area (Å²) in [7, 11) is 0. The Morgan fingerprint density at radius 3 is 2.64 bits per heavy atom. The van der Waals surface area contributed by atoms with E-state index in [1.807, 2.05) is 0 Å². The van der Waals surface area contributed by atoms with Crippen molar-refractivity contribution < 1.29 is 8.78 Å². The summed E-state index contributed by atoms with van der Waals surface area (Å²) < 4.78 is 25.5. The SMILES string of the molecule is C=C1C=C(F)[C+](Cl)C(C)=C1F. The van der Waals surface area contributed by atoms with Crippen molar-refractivity contribution in [1.82, 2.24) is 0 Å². The van der Waals surface area contributed by atoms with Gasteiger partial charge in [0.15, 0.2) is 5.38 Å². The van der Waals surface area contributed by atoms with E-state index >= 15 is 0 Å². The molecular formula is C8H6ClF2+. The monoisotopic (exact) mass is 175 g/mol. The summed E-state index contributed by atoms with van der Waals surface area (Å²) in [6, 6.07) is 0. The van der Waals surface area contributed by atoms with Gasteiger partial charge >= 0.3 is 0 Å². The van der Waals surface area contributed by atoms with Crippen LogP contribution in [0.3, 0.4) is 0 Å². The molecule has 0 aromatic carbocycles. The first-order valence-corrected chi connectivity index (χ1v) is 3.38. The molecule has 0 aromatic heterocycles. The maximum atomic E-state index is 12.9. The van der Waals surface area contributed by atoms with Crippen LogP contribution >= 0.6 is 11.6 Å². The lowest BCUT2D eigenvalue weighted by Crippen LogP contribution is -2.01. The van der Waals surface area contributed by atoms with Crippen LogP contribution in [0.5, 0.6) is 0 Å². The predicted octanol–water partition coefficient (Wildman–Crippen LogP) is 3.42. The first-order chi connectivity index (χ1) is 5.04. The summed E-state index contributed by atoms with van der Waals surface area (Å²) in [6.07, 6.45) is 0.977. The summed E-state index contributed by atoms with van der Waals surface area (Å²) in [5.74, 6) is -1.17. The molecule has 58 valence electrons. The highest BCUT2D eigenvalue weighted by molar-refractivity contribution is 6.31. The zero-order chi connectivity index (χ0) is 8.59. The molecule has 0 saturated carbocycles. The van der Waals surface area contributed by atoms with Crippen LogP contribution in [-0.2, 0) is 0 Å². The number of hydrogen-bond acceptors (Lipinski definition) is 0. The standard InChI is InChI=1S/C8H6ClF2/c1-4-3-6(10)7(9)5(2)8(4)11/h3H,1H2,2H3/q+1. The zero-order valence-corrected chi connectivity index (χ0v) is 6.67. The van der Waals surface area contributed by atoms with Crippen molar-refractivity contribution in [3.05, 3.63) is 40.8 Å². The minimum atomic E-state index is -0.629. The second kappa shape index (κ2) is 2.70. The van der Waals surface area contributed by atoms with Crippen LogP contribution in [-0.4, -0.2) is 0 Å². The normalized spacial score (nSPS) is 19.1. The van der Waals surface area contributed by atoms with E-state index < -0.39 is 11.7 Å². The average molecular weight is 176 g/mol. The highest BCUT2D eigenvalue weighted by atomic mass is 35.5. The van der Waals surface area contributed by atoms with Gasteiger partial charge in [-0.2, -0.15) is 4.39 Å². The van der Waals surface area contributed by atoms with Crippen LogP contribution in [0.1, 0.15) is 6.92 Å². The Kier molecular flexibility index (Phi) is 2.05. The van der Waals surface area contributed by atoms with E-state index in [0.717, 1.165) is 6.08 Å². The van der Waals surface area contributed by atoms with Gasteiger partial charge in [-0.25, -0.2) is 0 Å². The lowest BCUT2D eigenvalue weighted by atomic mass is 10.0. The van der Waals surface area contributed by atoms with E-state index in [1.165, 1.54) is 6.92 Å². The van der Waals surface area contributed by atoms with Gasteiger partial charge in [-0.3, -0.25) is 0 Å². The maximum Gasteiger partial charge on any atom is 0.251 e. The van der Waals surface area contributed by atoms with Crippen LogP contribution in [0.15, 0.2) is 35.5 Å². The summed E-state index contributed by atoms with van der Waals surface area (Å²) in [5, 5.41) is -0.171. The molecule has 0 amide bonds. The number of allylic oxidation sites excluding steroid dienone is 5. The van der Waals surface area contributed by atoms with Crippen molar-refractivity contribution in [2.75, 3.05) is 0 Å². The van der Waals surface area contributed by atoms with E-state index in [2.05, 4.69) is 6.58 Å². The highest BCUT2D eigenvalue weighted by Crippen LogP contribution is 2.37. The molecule has 1 rings (SSSR count). The third kappa shape index (κ3) is 1.31. The smallest absolute Gasteiger partial charge is 0.173 e. The molecular weight excluding hydrogens is 170 g/mol. The molecule has 0 saturated heterocycles. The predicted molar refractivity (Wildman–Crippen MR) is 41.2 cm³/mol. The van der Waals surface area contributed by atoms with Crippen LogP contribution in [0.4, 0.5) is 8.78 Å². The largest absolute Gasteiger partial charge is 0.251 e. The molecule has 11 heavy (non-hydrogen) atoms. The van der Waals surface area contributed by atoms with Gasteiger partial charge in [0.1, 0.15) is 11.1 Å². The van der Waals surface area contributed by atoms with Crippen LogP contribution in [0.2, 0.25) is 0 Å². The Morgan fingerprint density at radius 1 is 1.55 bits per heavy atom. The minimum absolute atomic E-state index is 0.0319. The molecule has 0 radical (unpaired) electrons. The summed E-state index contributed by atoms with van der Waals surface area (Å²) in [5.41, 5.74) is 0.140. The third-order valence-electron chi connectivity index (χ3n) is 1.45. The van der Waals surface area contributed by atoms with E-state index in [0.29, 0.717) is 0 Å². The molecule has 0 fully saturated rings. The zero-order valence-electron chi connectivity index (χ0n) is 5.92. The van der Waals surface area contributed by atoms with Gasteiger partial charge in [0, 0.05) is 11.6 Å². The molecule has 0 atom stereocenters. The van der Waals surface area contributed by atoms with Crippen LogP contribution in [0, 0.1) is 5.38 Å². The fraction of sp³-hybridized carbons (Fsp3) is 0.125. The van der Waals surface area contributed by atoms with Crippen molar-refractivity contribution >= 4 is 11.6 Å². The number of hydrogen-bond donors (Lipinski definition) is 0. The second-order valence-electron chi connectivity index (χ2n) is 2.27.